The van der Waals surface area contributed by atoms with E-state index in [1.807, 2.05) is 18.2 Å². The fourth-order valence-corrected chi connectivity index (χ4v) is 2.81. The largest absolute Gasteiger partial charge is 0.468 e. The molecule has 3 nitrogen and oxygen atoms in total. The third kappa shape index (κ3) is 1.87. The van der Waals surface area contributed by atoms with Gasteiger partial charge in [0.25, 0.3) is 0 Å². The van der Waals surface area contributed by atoms with Crippen molar-refractivity contribution in [3.63, 3.8) is 0 Å². The molecular weight excluding hydrogens is 270 g/mol. The Morgan fingerprint density at radius 2 is 2.31 bits per heavy atom. The summed E-state index contributed by atoms with van der Waals surface area (Å²) in [5.74, 6) is -0.321. The van der Waals surface area contributed by atoms with E-state index in [1.165, 1.54) is 12.7 Å². The molecule has 0 radical (unpaired) electrons. The lowest BCUT2D eigenvalue weighted by molar-refractivity contribution is -0.147. The number of halogens is 1. The standard InChI is InChI=1S/C12H14BrNO2/c1-16-11(15)12(14)6-5-9-8(7-12)3-2-4-10(9)13/h2-4H,5-7,14H2,1H3/t12-/m0/s1. The van der Waals surface area contributed by atoms with Crippen molar-refractivity contribution < 1.29 is 9.53 Å². The SMILES string of the molecule is COC(=O)[C@]1(N)CCc2c(Br)cccc2C1. The van der Waals surface area contributed by atoms with Crippen LogP contribution in [0.5, 0.6) is 0 Å². The topological polar surface area (TPSA) is 52.3 Å². The van der Waals surface area contributed by atoms with E-state index in [2.05, 4.69) is 15.9 Å². The van der Waals surface area contributed by atoms with E-state index in [0.29, 0.717) is 12.8 Å². The number of hydrogen-bond acceptors (Lipinski definition) is 3. The summed E-state index contributed by atoms with van der Waals surface area (Å²) in [7, 11) is 1.38. The number of carbonyl (C=O) groups is 1. The molecule has 0 fully saturated rings. The first kappa shape index (κ1) is 11.6. The summed E-state index contributed by atoms with van der Waals surface area (Å²) in [6.07, 6.45) is 1.99. The first-order chi connectivity index (χ1) is 7.57. The number of rotatable bonds is 1. The van der Waals surface area contributed by atoms with Gasteiger partial charge in [0.1, 0.15) is 5.54 Å². The van der Waals surface area contributed by atoms with Crippen molar-refractivity contribution in [2.24, 2.45) is 5.73 Å². The minimum atomic E-state index is -0.859. The van der Waals surface area contributed by atoms with Crippen molar-refractivity contribution in [3.05, 3.63) is 33.8 Å². The maximum atomic E-state index is 11.6. The van der Waals surface area contributed by atoms with Gasteiger partial charge in [-0.1, -0.05) is 28.1 Å². The second-order valence-electron chi connectivity index (χ2n) is 4.20. The molecule has 1 atom stereocenters. The van der Waals surface area contributed by atoms with Crippen molar-refractivity contribution in [1.29, 1.82) is 0 Å². The van der Waals surface area contributed by atoms with Crippen LogP contribution in [-0.4, -0.2) is 18.6 Å². The maximum absolute atomic E-state index is 11.6. The predicted octanol–water partition coefficient (Wildman–Crippen LogP) is 1.81. The summed E-state index contributed by atoms with van der Waals surface area (Å²) in [6, 6.07) is 6.00. The van der Waals surface area contributed by atoms with Crippen molar-refractivity contribution in [3.8, 4) is 0 Å². The Labute approximate surface area is 103 Å². The Hall–Kier alpha value is -0.870. The van der Waals surface area contributed by atoms with E-state index in [9.17, 15) is 4.79 Å². The Morgan fingerprint density at radius 3 is 3.00 bits per heavy atom. The third-order valence-corrected chi connectivity index (χ3v) is 3.88. The number of nitrogens with two attached hydrogens (primary N) is 1. The molecule has 0 amide bonds. The van der Waals surface area contributed by atoms with Gasteiger partial charge in [-0.25, -0.2) is 0 Å². The quantitative estimate of drug-likeness (QED) is 0.800. The first-order valence-electron chi connectivity index (χ1n) is 5.20. The van der Waals surface area contributed by atoms with E-state index >= 15 is 0 Å². The minimum Gasteiger partial charge on any atom is -0.468 e. The molecule has 1 aromatic carbocycles. The van der Waals surface area contributed by atoms with Crippen LogP contribution in [0.2, 0.25) is 0 Å². The van der Waals surface area contributed by atoms with E-state index in [-0.39, 0.29) is 5.97 Å². The van der Waals surface area contributed by atoms with Gasteiger partial charge in [0, 0.05) is 10.9 Å². The van der Waals surface area contributed by atoms with Crippen molar-refractivity contribution in [2.75, 3.05) is 7.11 Å². The number of carbonyl (C=O) groups excluding carboxylic acids is 1. The van der Waals surface area contributed by atoms with Gasteiger partial charge in [-0.2, -0.15) is 0 Å². The summed E-state index contributed by atoms with van der Waals surface area (Å²) in [5, 5.41) is 0. The Balaban J connectivity index is 2.34. The normalized spacial score (nSPS) is 23.7. The zero-order chi connectivity index (χ0) is 11.8. The second kappa shape index (κ2) is 4.18. The van der Waals surface area contributed by atoms with Crippen LogP contribution in [0.3, 0.4) is 0 Å². The molecular formula is C12H14BrNO2. The molecule has 0 aliphatic heterocycles. The number of hydrogen-bond donors (Lipinski definition) is 1. The van der Waals surface area contributed by atoms with E-state index in [1.54, 1.807) is 0 Å². The van der Waals surface area contributed by atoms with E-state index in [0.717, 1.165) is 16.5 Å². The molecule has 0 heterocycles. The molecule has 0 bridgehead atoms. The van der Waals surface area contributed by atoms with Gasteiger partial charge in [0.2, 0.25) is 0 Å². The van der Waals surface area contributed by atoms with Crippen molar-refractivity contribution >= 4 is 21.9 Å². The molecule has 0 unspecified atom stereocenters. The molecule has 86 valence electrons. The fraction of sp³-hybridized carbons (Fsp3) is 0.417. The summed E-state index contributed by atoms with van der Waals surface area (Å²) >= 11 is 3.52. The van der Waals surface area contributed by atoms with Crippen LogP contribution in [0.4, 0.5) is 0 Å². The Bertz CT molecular complexity index is 433. The number of methoxy groups -OCH3 is 1. The van der Waals surface area contributed by atoms with Gasteiger partial charge in [-0.15, -0.1) is 0 Å². The van der Waals surface area contributed by atoms with Gasteiger partial charge in [-0.3, -0.25) is 4.79 Å². The Morgan fingerprint density at radius 1 is 1.56 bits per heavy atom. The van der Waals surface area contributed by atoms with E-state index in [4.69, 9.17) is 10.5 Å². The Kier molecular flexibility index (Phi) is 3.04. The summed E-state index contributed by atoms with van der Waals surface area (Å²) in [4.78, 5) is 11.6. The molecule has 16 heavy (non-hydrogen) atoms. The summed E-state index contributed by atoms with van der Waals surface area (Å²) in [5.41, 5.74) is 7.62. The molecule has 1 aliphatic rings. The molecule has 4 heteroatoms. The summed E-state index contributed by atoms with van der Waals surface area (Å²) < 4.78 is 5.86. The van der Waals surface area contributed by atoms with Crippen LogP contribution in [0, 0.1) is 0 Å². The lowest BCUT2D eigenvalue weighted by atomic mass is 9.78. The van der Waals surface area contributed by atoms with Gasteiger partial charge in [-0.05, 0) is 30.0 Å². The molecule has 1 aromatic rings. The van der Waals surface area contributed by atoms with E-state index < -0.39 is 5.54 Å². The average Bonchev–Trinajstić information content (AvgIpc) is 2.28. The van der Waals surface area contributed by atoms with Gasteiger partial charge < -0.3 is 10.5 Å². The first-order valence-corrected chi connectivity index (χ1v) is 6.00. The zero-order valence-electron chi connectivity index (χ0n) is 9.13. The van der Waals surface area contributed by atoms with Crippen molar-refractivity contribution in [2.45, 2.75) is 24.8 Å². The molecule has 0 spiro atoms. The highest BCUT2D eigenvalue weighted by Crippen LogP contribution is 2.32. The highest BCUT2D eigenvalue weighted by atomic mass is 79.9. The minimum absolute atomic E-state index is 0.321. The number of ether oxygens (including phenoxy) is 1. The molecule has 2 rings (SSSR count). The zero-order valence-corrected chi connectivity index (χ0v) is 10.7. The van der Waals surface area contributed by atoms with Crippen LogP contribution in [0.15, 0.2) is 22.7 Å². The predicted molar refractivity (Wildman–Crippen MR) is 65.1 cm³/mol. The van der Waals surface area contributed by atoms with Gasteiger partial charge in [0.05, 0.1) is 7.11 Å². The summed E-state index contributed by atoms with van der Waals surface area (Å²) in [6.45, 7) is 0. The highest BCUT2D eigenvalue weighted by molar-refractivity contribution is 9.10. The van der Waals surface area contributed by atoms with Gasteiger partial charge in [0.15, 0.2) is 0 Å². The number of benzene rings is 1. The number of fused-ring (bicyclic) bond motifs is 1. The highest BCUT2D eigenvalue weighted by Gasteiger charge is 2.38. The van der Waals surface area contributed by atoms with Crippen LogP contribution in [0.25, 0.3) is 0 Å². The third-order valence-electron chi connectivity index (χ3n) is 3.13. The van der Waals surface area contributed by atoms with Crippen LogP contribution in [-0.2, 0) is 22.4 Å². The van der Waals surface area contributed by atoms with Crippen LogP contribution in [0.1, 0.15) is 17.5 Å². The van der Waals surface area contributed by atoms with Crippen LogP contribution >= 0.6 is 15.9 Å². The van der Waals surface area contributed by atoms with Crippen molar-refractivity contribution in [1.82, 2.24) is 0 Å². The molecule has 0 saturated carbocycles. The molecule has 1 aliphatic carbocycles. The fourth-order valence-electron chi connectivity index (χ4n) is 2.20. The monoisotopic (exact) mass is 283 g/mol. The number of esters is 1. The second-order valence-corrected chi connectivity index (χ2v) is 5.06. The van der Waals surface area contributed by atoms with Crippen LogP contribution < -0.4 is 5.73 Å². The average molecular weight is 284 g/mol. The molecule has 0 aromatic heterocycles. The molecule has 0 saturated heterocycles. The smallest absolute Gasteiger partial charge is 0.326 e. The lowest BCUT2D eigenvalue weighted by Gasteiger charge is -2.32. The molecule has 2 N–H and O–H groups in total. The maximum Gasteiger partial charge on any atom is 0.326 e. The van der Waals surface area contributed by atoms with Gasteiger partial charge >= 0.3 is 5.97 Å². The lowest BCUT2D eigenvalue weighted by Crippen LogP contribution is -2.52.